The molecule has 126 valence electrons. The lowest BCUT2D eigenvalue weighted by atomic mass is 9.96. The van der Waals surface area contributed by atoms with E-state index in [1.165, 1.54) is 6.92 Å². The van der Waals surface area contributed by atoms with Crippen LogP contribution in [0.15, 0.2) is 24.3 Å². The number of aliphatic hydroxyl groups excluding tert-OH is 1. The van der Waals surface area contributed by atoms with Crippen LogP contribution in [-0.4, -0.2) is 54.0 Å². The molecule has 1 aromatic rings. The quantitative estimate of drug-likeness (QED) is 0.726. The van der Waals surface area contributed by atoms with E-state index in [1.54, 1.807) is 24.3 Å². The summed E-state index contributed by atoms with van der Waals surface area (Å²) in [5, 5.41) is 10.1. The molecule has 23 heavy (non-hydrogen) atoms. The van der Waals surface area contributed by atoms with Gasteiger partial charge in [-0.2, -0.15) is 0 Å². The lowest BCUT2D eigenvalue weighted by Crippen LogP contribution is -2.43. The van der Waals surface area contributed by atoms with Gasteiger partial charge in [-0.25, -0.2) is 0 Å². The second-order valence-corrected chi connectivity index (χ2v) is 6.03. The van der Waals surface area contributed by atoms with Crippen molar-refractivity contribution in [2.24, 2.45) is 11.7 Å². The first-order valence-corrected chi connectivity index (χ1v) is 7.89. The van der Waals surface area contributed by atoms with Gasteiger partial charge in [-0.3, -0.25) is 9.59 Å². The molecule has 0 aromatic heterocycles. The minimum atomic E-state index is -0.624. The number of aliphatic hydroxyl groups is 1. The van der Waals surface area contributed by atoms with Crippen LogP contribution in [0.2, 0.25) is 0 Å². The first-order chi connectivity index (χ1) is 11.0. The fraction of sp³-hybridized carbons (Fsp3) is 0.529. The maximum Gasteiger partial charge on any atom is 0.220 e. The summed E-state index contributed by atoms with van der Waals surface area (Å²) in [6, 6.07) is 6.92. The third-order valence-corrected chi connectivity index (χ3v) is 4.14. The molecule has 1 aliphatic rings. The Labute approximate surface area is 136 Å². The predicted octanol–water partition coefficient (Wildman–Crippen LogP) is 0.826. The lowest BCUT2D eigenvalue weighted by molar-refractivity contribution is -0.123. The smallest absolute Gasteiger partial charge is 0.220 e. The monoisotopic (exact) mass is 320 g/mol. The minimum Gasteiger partial charge on any atom is -0.491 e. The number of rotatable bonds is 7. The highest BCUT2D eigenvalue weighted by molar-refractivity contribution is 5.94. The molecule has 0 unspecified atom stereocenters. The zero-order chi connectivity index (χ0) is 16.8. The van der Waals surface area contributed by atoms with Crippen molar-refractivity contribution in [2.45, 2.75) is 25.9 Å². The molecule has 0 saturated carbocycles. The van der Waals surface area contributed by atoms with Crippen molar-refractivity contribution >= 4 is 11.7 Å². The molecule has 0 bridgehead atoms. The van der Waals surface area contributed by atoms with Crippen LogP contribution in [0, 0.1) is 5.92 Å². The minimum absolute atomic E-state index is 0.0201. The van der Waals surface area contributed by atoms with Crippen LogP contribution in [0.4, 0.5) is 0 Å². The van der Waals surface area contributed by atoms with E-state index in [1.807, 2.05) is 0 Å². The van der Waals surface area contributed by atoms with E-state index < -0.39 is 6.10 Å². The number of carbonyl (C=O) groups is 2. The standard InChI is InChI=1S/C17H24N2O4/c1-12(20)14-3-2-4-16(9-14)23-11-15(21)10-19-7-5-13(6-8-19)17(18)22/h2-4,9,13,15,21H,5-8,10-11H2,1H3,(H2,18,22)/t15-/m1/s1. The summed E-state index contributed by atoms with van der Waals surface area (Å²) >= 11 is 0. The Morgan fingerprint density at radius 3 is 2.70 bits per heavy atom. The van der Waals surface area contributed by atoms with Crippen LogP contribution < -0.4 is 10.5 Å². The van der Waals surface area contributed by atoms with Crippen molar-refractivity contribution in [3.05, 3.63) is 29.8 Å². The average molecular weight is 320 g/mol. The van der Waals surface area contributed by atoms with Crippen LogP contribution in [0.1, 0.15) is 30.1 Å². The summed E-state index contributed by atoms with van der Waals surface area (Å²) in [6.07, 6.45) is 0.855. The van der Waals surface area contributed by atoms with Gasteiger partial charge >= 0.3 is 0 Å². The number of likely N-dealkylation sites (tertiary alicyclic amines) is 1. The maximum absolute atomic E-state index is 11.3. The molecule has 6 nitrogen and oxygen atoms in total. The summed E-state index contributed by atoms with van der Waals surface area (Å²) in [5.74, 6) is 0.269. The molecular formula is C17H24N2O4. The van der Waals surface area contributed by atoms with Crippen molar-refractivity contribution in [2.75, 3.05) is 26.2 Å². The van der Waals surface area contributed by atoms with E-state index in [0.29, 0.717) is 17.9 Å². The topological polar surface area (TPSA) is 92.9 Å². The largest absolute Gasteiger partial charge is 0.491 e. The number of Topliss-reactive ketones (excluding diaryl/α,β-unsaturated/α-hetero) is 1. The van der Waals surface area contributed by atoms with Crippen molar-refractivity contribution < 1.29 is 19.4 Å². The van der Waals surface area contributed by atoms with Crippen molar-refractivity contribution in [3.8, 4) is 5.75 Å². The first-order valence-electron chi connectivity index (χ1n) is 7.89. The Hall–Kier alpha value is -1.92. The van der Waals surface area contributed by atoms with Crippen LogP contribution in [0.3, 0.4) is 0 Å². The van der Waals surface area contributed by atoms with E-state index >= 15 is 0 Å². The molecule has 3 N–H and O–H groups in total. The fourth-order valence-electron chi connectivity index (χ4n) is 2.75. The number of primary amides is 1. The Balaban J connectivity index is 1.75. The molecule has 1 aromatic carbocycles. The number of carbonyl (C=O) groups excluding carboxylic acids is 2. The fourth-order valence-corrected chi connectivity index (χ4v) is 2.75. The number of piperidine rings is 1. The molecule has 0 radical (unpaired) electrons. The van der Waals surface area contributed by atoms with E-state index in [-0.39, 0.29) is 24.2 Å². The molecular weight excluding hydrogens is 296 g/mol. The zero-order valence-electron chi connectivity index (χ0n) is 13.4. The highest BCUT2D eigenvalue weighted by Crippen LogP contribution is 2.17. The summed E-state index contributed by atoms with van der Waals surface area (Å²) in [6.45, 7) is 3.67. The SMILES string of the molecule is CC(=O)c1cccc(OC[C@H](O)CN2CCC(C(N)=O)CC2)c1. The first kappa shape index (κ1) is 17.4. The number of β-amino-alcohol motifs (C(OH)–C–C–N with tert-alkyl or cyclic N) is 1. The number of hydrogen-bond acceptors (Lipinski definition) is 5. The Morgan fingerprint density at radius 1 is 1.39 bits per heavy atom. The van der Waals surface area contributed by atoms with Crippen LogP contribution in [0.25, 0.3) is 0 Å². The van der Waals surface area contributed by atoms with Gasteiger partial charge in [0.25, 0.3) is 0 Å². The Bertz CT molecular complexity index is 553. The zero-order valence-corrected chi connectivity index (χ0v) is 13.4. The van der Waals surface area contributed by atoms with Gasteiger partial charge in [0.15, 0.2) is 5.78 Å². The van der Waals surface area contributed by atoms with Gasteiger partial charge in [-0.05, 0) is 45.0 Å². The number of ether oxygens (including phenoxy) is 1. The number of benzene rings is 1. The van der Waals surface area contributed by atoms with Crippen LogP contribution >= 0.6 is 0 Å². The summed E-state index contributed by atoms with van der Waals surface area (Å²) < 4.78 is 5.56. The summed E-state index contributed by atoms with van der Waals surface area (Å²) in [4.78, 5) is 24.6. The molecule has 0 aliphatic carbocycles. The van der Waals surface area contributed by atoms with E-state index in [9.17, 15) is 14.7 Å². The number of nitrogens with zero attached hydrogens (tertiary/aromatic N) is 1. The molecule has 1 fully saturated rings. The molecule has 1 atom stereocenters. The van der Waals surface area contributed by atoms with Crippen molar-refractivity contribution in [3.63, 3.8) is 0 Å². The Morgan fingerprint density at radius 2 is 2.09 bits per heavy atom. The number of ketones is 1. The van der Waals surface area contributed by atoms with Crippen molar-refractivity contribution in [1.29, 1.82) is 0 Å². The van der Waals surface area contributed by atoms with Gasteiger partial charge in [0.2, 0.25) is 5.91 Å². The lowest BCUT2D eigenvalue weighted by Gasteiger charge is -2.31. The van der Waals surface area contributed by atoms with Crippen LogP contribution in [0.5, 0.6) is 5.75 Å². The van der Waals surface area contributed by atoms with E-state index in [0.717, 1.165) is 25.9 Å². The van der Waals surface area contributed by atoms with Gasteiger partial charge < -0.3 is 20.5 Å². The van der Waals surface area contributed by atoms with E-state index in [4.69, 9.17) is 10.5 Å². The molecule has 1 heterocycles. The molecule has 6 heteroatoms. The number of hydrogen-bond donors (Lipinski definition) is 2. The third-order valence-electron chi connectivity index (χ3n) is 4.14. The van der Waals surface area contributed by atoms with Gasteiger partial charge in [0.1, 0.15) is 18.5 Å². The summed E-state index contributed by atoms with van der Waals surface area (Å²) in [5.41, 5.74) is 5.90. The average Bonchev–Trinajstić information content (AvgIpc) is 2.53. The van der Waals surface area contributed by atoms with Crippen LogP contribution in [-0.2, 0) is 4.79 Å². The Kier molecular flexibility index (Phi) is 6.12. The van der Waals surface area contributed by atoms with Gasteiger partial charge in [0, 0.05) is 18.0 Å². The second-order valence-electron chi connectivity index (χ2n) is 6.03. The van der Waals surface area contributed by atoms with Gasteiger partial charge in [-0.15, -0.1) is 0 Å². The summed E-state index contributed by atoms with van der Waals surface area (Å²) in [7, 11) is 0. The highest BCUT2D eigenvalue weighted by Gasteiger charge is 2.24. The number of amides is 1. The molecule has 0 spiro atoms. The molecule has 1 amide bonds. The second kappa shape index (κ2) is 8.08. The van der Waals surface area contributed by atoms with Gasteiger partial charge in [0.05, 0.1) is 0 Å². The molecule has 1 aliphatic heterocycles. The predicted molar refractivity (Wildman–Crippen MR) is 86.3 cm³/mol. The maximum atomic E-state index is 11.3. The third kappa shape index (κ3) is 5.33. The highest BCUT2D eigenvalue weighted by atomic mass is 16.5. The van der Waals surface area contributed by atoms with Crippen molar-refractivity contribution in [1.82, 2.24) is 4.90 Å². The molecule has 2 rings (SSSR count). The van der Waals surface area contributed by atoms with Gasteiger partial charge in [-0.1, -0.05) is 12.1 Å². The van der Waals surface area contributed by atoms with E-state index in [2.05, 4.69) is 4.90 Å². The number of nitrogens with two attached hydrogens (primary N) is 1. The normalized spacial score (nSPS) is 17.7. The molecule has 1 saturated heterocycles.